The number of ether oxygens (including phenoxy) is 1. The van der Waals surface area contributed by atoms with Gasteiger partial charge in [0.05, 0.1) is 0 Å². The van der Waals surface area contributed by atoms with Crippen molar-refractivity contribution >= 4 is 34.7 Å². The molecule has 3 aromatic rings. The standard InChI is InChI=1S/C28H35N5O5/c1-28(2,3)38-27(37)33-23(16-19-17-31-21-12-8-7-11-20(19)21)26(36)30-14-13-24(34)32-22(25(29)35)15-18-9-5-4-6-10-18/h4-12,17,22-23,31H,13-16H2,1-3H3,(H2,29,35)(H,30,36)(H,32,34)(H,33,37)/t22?,23-/m0/s1. The average molecular weight is 522 g/mol. The third kappa shape index (κ3) is 8.65. The molecule has 0 fully saturated rings. The minimum atomic E-state index is -0.941. The molecule has 0 aliphatic rings. The van der Waals surface area contributed by atoms with Gasteiger partial charge in [-0.2, -0.15) is 0 Å². The Morgan fingerprint density at radius 3 is 2.29 bits per heavy atom. The molecule has 0 spiro atoms. The van der Waals surface area contributed by atoms with E-state index in [2.05, 4.69) is 20.9 Å². The van der Waals surface area contributed by atoms with E-state index in [0.29, 0.717) is 0 Å². The van der Waals surface area contributed by atoms with E-state index in [9.17, 15) is 19.2 Å². The Morgan fingerprint density at radius 2 is 1.61 bits per heavy atom. The van der Waals surface area contributed by atoms with Gasteiger partial charge in [-0.3, -0.25) is 14.4 Å². The minimum absolute atomic E-state index is 0.00185. The Balaban J connectivity index is 1.60. The van der Waals surface area contributed by atoms with Gasteiger partial charge in [-0.25, -0.2) is 4.79 Å². The van der Waals surface area contributed by atoms with Gasteiger partial charge in [0.1, 0.15) is 17.7 Å². The predicted octanol–water partition coefficient (Wildman–Crippen LogP) is 2.32. The van der Waals surface area contributed by atoms with Gasteiger partial charge in [0.15, 0.2) is 0 Å². The molecule has 1 unspecified atom stereocenters. The lowest BCUT2D eigenvalue weighted by atomic mass is 10.0. The number of primary amides is 1. The fourth-order valence-corrected chi connectivity index (χ4v) is 3.94. The number of aromatic amines is 1. The number of carbonyl (C=O) groups excluding carboxylic acids is 4. The lowest BCUT2D eigenvalue weighted by Crippen LogP contribution is -2.50. The highest BCUT2D eigenvalue weighted by molar-refractivity contribution is 5.89. The summed E-state index contributed by atoms with van der Waals surface area (Å²) >= 11 is 0. The largest absolute Gasteiger partial charge is 0.444 e. The number of benzene rings is 2. The van der Waals surface area contributed by atoms with Gasteiger partial charge in [-0.1, -0.05) is 48.5 Å². The molecule has 2 aromatic carbocycles. The Morgan fingerprint density at radius 1 is 0.921 bits per heavy atom. The second-order valence-electron chi connectivity index (χ2n) is 10.0. The van der Waals surface area contributed by atoms with Crippen molar-refractivity contribution in [1.82, 2.24) is 20.9 Å². The molecule has 6 N–H and O–H groups in total. The van der Waals surface area contributed by atoms with Crippen LogP contribution < -0.4 is 21.7 Å². The quantitative estimate of drug-likeness (QED) is 0.262. The maximum absolute atomic E-state index is 13.1. The SMILES string of the molecule is CC(C)(C)OC(=O)N[C@@H](Cc1c[nH]c2ccccc12)C(=O)NCCC(=O)NC(Cc1ccccc1)C(N)=O. The smallest absolute Gasteiger partial charge is 0.408 e. The second kappa shape index (κ2) is 12.8. The zero-order valence-corrected chi connectivity index (χ0v) is 21.9. The van der Waals surface area contributed by atoms with Crippen molar-refractivity contribution in [3.8, 4) is 0 Å². The highest BCUT2D eigenvalue weighted by Gasteiger charge is 2.26. The molecule has 0 radical (unpaired) electrons. The van der Waals surface area contributed by atoms with Crippen LogP contribution in [-0.2, 0) is 32.0 Å². The number of alkyl carbamates (subject to hydrolysis) is 1. The number of carbonyl (C=O) groups is 4. The molecular weight excluding hydrogens is 486 g/mol. The molecule has 0 saturated heterocycles. The zero-order valence-electron chi connectivity index (χ0n) is 21.9. The van der Waals surface area contributed by atoms with Crippen molar-refractivity contribution in [2.75, 3.05) is 6.54 Å². The van der Waals surface area contributed by atoms with Crippen LogP contribution in [0.1, 0.15) is 38.3 Å². The first-order chi connectivity index (χ1) is 18.0. The molecule has 38 heavy (non-hydrogen) atoms. The second-order valence-corrected chi connectivity index (χ2v) is 10.0. The van der Waals surface area contributed by atoms with Crippen LogP contribution in [-0.4, -0.2) is 53.0 Å². The van der Waals surface area contributed by atoms with Crippen LogP contribution >= 0.6 is 0 Å². The summed E-state index contributed by atoms with van der Waals surface area (Å²) in [7, 11) is 0. The van der Waals surface area contributed by atoms with Crippen molar-refractivity contribution in [1.29, 1.82) is 0 Å². The summed E-state index contributed by atoms with van der Waals surface area (Å²) in [5, 5.41) is 8.90. The van der Waals surface area contributed by atoms with E-state index in [1.54, 1.807) is 27.0 Å². The summed E-state index contributed by atoms with van der Waals surface area (Å²) in [5.74, 6) is -1.55. The molecule has 1 aromatic heterocycles. The fraction of sp³-hybridized carbons (Fsp3) is 0.357. The summed E-state index contributed by atoms with van der Waals surface area (Å²) in [6, 6.07) is 15.0. The van der Waals surface area contributed by atoms with Crippen molar-refractivity contribution in [2.45, 2.75) is 57.7 Å². The van der Waals surface area contributed by atoms with Gasteiger partial charge in [0, 0.05) is 42.9 Å². The van der Waals surface area contributed by atoms with E-state index in [1.807, 2.05) is 54.6 Å². The van der Waals surface area contributed by atoms with Gasteiger partial charge in [-0.05, 0) is 38.0 Å². The van der Waals surface area contributed by atoms with Gasteiger partial charge in [0.25, 0.3) is 0 Å². The molecule has 3 rings (SSSR count). The van der Waals surface area contributed by atoms with E-state index in [4.69, 9.17) is 10.5 Å². The van der Waals surface area contributed by atoms with Crippen LogP contribution in [0.4, 0.5) is 4.79 Å². The molecule has 0 saturated carbocycles. The van der Waals surface area contributed by atoms with E-state index in [0.717, 1.165) is 22.0 Å². The minimum Gasteiger partial charge on any atom is -0.444 e. The van der Waals surface area contributed by atoms with Crippen LogP contribution in [0.3, 0.4) is 0 Å². The lowest BCUT2D eigenvalue weighted by Gasteiger charge is -2.23. The summed E-state index contributed by atoms with van der Waals surface area (Å²) < 4.78 is 5.34. The van der Waals surface area contributed by atoms with Crippen LogP contribution in [0.5, 0.6) is 0 Å². The van der Waals surface area contributed by atoms with Gasteiger partial charge in [-0.15, -0.1) is 0 Å². The molecule has 1 heterocycles. The maximum atomic E-state index is 13.1. The normalized spacial score (nSPS) is 12.8. The molecule has 4 amide bonds. The van der Waals surface area contributed by atoms with Crippen molar-refractivity contribution < 1.29 is 23.9 Å². The molecule has 2 atom stereocenters. The topological polar surface area (TPSA) is 155 Å². The average Bonchev–Trinajstić information content (AvgIpc) is 3.25. The van der Waals surface area contributed by atoms with Crippen molar-refractivity contribution in [3.63, 3.8) is 0 Å². The number of hydrogen-bond donors (Lipinski definition) is 5. The van der Waals surface area contributed by atoms with E-state index in [-0.39, 0.29) is 25.8 Å². The fourth-order valence-electron chi connectivity index (χ4n) is 3.94. The van der Waals surface area contributed by atoms with Crippen LogP contribution in [0.15, 0.2) is 60.8 Å². The molecule has 0 aliphatic carbocycles. The van der Waals surface area contributed by atoms with Crippen molar-refractivity contribution in [3.05, 3.63) is 71.9 Å². The lowest BCUT2D eigenvalue weighted by molar-refractivity contribution is -0.127. The molecule has 10 nitrogen and oxygen atoms in total. The summed E-state index contributed by atoms with van der Waals surface area (Å²) in [4.78, 5) is 53.0. The summed E-state index contributed by atoms with van der Waals surface area (Å²) in [5.41, 5.74) is 7.35. The maximum Gasteiger partial charge on any atom is 0.408 e. The summed E-state index contributed by atoms with van der Waals surface area (Å²) in [6.45, 7) is 5.20. The predicted molar refractivity (Wildman–Crippen MR) is 144 cm³/mol. The molecule has 0 aliphatic heterocycles. The number of amides is 4. The zero-order chi connectivity index (χ0) is 27.7. The van der Waals surface area contributed by atoms with Crippen molar-refractivity contribution in [2.24, 2.45) is 5.73 Å². The number of rotatable bonds is 11. The Kier molecular flexibility index (Phi) is 9.48. The molecular formula is C28H35N5O5. The van der Waals surface area contributed by atoms with Crippen LogP contribution in [0, 0.1) is 0 Å². The third-order valence-corrected chi connectivity index (χ3v) is 5.72. The first-order valence-electron chi connectivity index (χ1n) is 12.5. The van der Waals surface area contributed by atoms with Gasteiger partial charge in [0.2, 0.25) is 17.7 Å². The van der Waals surface area contributed by atoms with Gasteiger partial charge >= 0.3 is 6.09 Å². The molecule has 10 heteroatoms. The number of aromatic nitrogens is 1. The number of nitrogens with one attached hydrogen (secondary N) is 4. The Labute approximate surface area is 221 Å². The number of hydrogen-bond acceptors (Lipinski definition) is 5. The van der Waals surface area contributed by atoms with Crippen LogP contribution in [0.2, 0.25) is 0 Å². The number of H-pyrrole nitrogens is 1. The van der Waals surface area contributed by atoms with Gasteiger partial charge < -0.3 is 31.4 Å². The highest BCUT2D eigenvalue weighted by atomic mass is 16.6. The van der Waals surface area contributed by atoms with E-state index < -0.39 is 41.5 Å². The number of nitrogens with two attached hydrogens (primary N) is 1. The van der Waals surface area contributed by atoms with E-state index >= 15 is 0 Å². The Hall–Kier alpha value is -4.34. The molecule has 0 bridgehead atoms. The van der Waals surface area contributed by atoms with E-state index in [1.165, 1.54) is 0 Å². The number of para-hydroxylation sites is 1. The monoisotopic (exact) mass is 521 g/mol. The van der Waals surface area contributed by atoms with Crippen LogP contribution in [0.25, 0.3) is 10.9 Å². The first-order valence-corrected chi connectivity index (χ1v) is 12.5. The highest BCUT2D eigenvalue weighted by Crippen LogP contribution is 2.19. The molecule has 202 valence electrons. The first kappa shape index (κ1) is 28.2. The summed E-state index contributed by atoms with van der Waals surface area (Å²) in [6.07, 6.45) is 1.48. The Bertz CT molecular complexity index is 1270. The number of fused-ring (bicyclic) bond motifs is 1. The third-order valence-electron chi connectivity index (χ3n) is 5.72.